The Morgan fingerprint density at radius 2 is 1.68 bits per heavy atom. The van der Waals surface area contributed by atoms with Gasteiger partial charge in [-0.15, -0.1) is 0 Å². The van der Waals surface area contributed by atoms with Gasteiger partial charge in [0.2, 0.25) is 0 Å². The lowest BCUT2D eigenvalue weighted by Crippen LogP contribution is -2.39. The first-order chi connectivity index (χ1) is 13.7. The van der Waals surface area contributed by atoms with Gasteiger partial charge in [0.25, 0.3) is 0 Å². The molecule has 0 saturated carbocycles. The number of nitrogens with one attached hydrogen (secondary N) is 2. The molecule has 2 aliphatic heterocycles. The van der Waals surface area contributed by atoms with Crippen molar-refractivity contribution in [1.29, 1.82) is 0 Å². The number of hydrogen-bond acceptors (Lipinski definition) is 3. The number of nitrogens with zero attached hydrogens (tertiary/aromatic N) is 1. The van der Waals surface area contributed by atoms with Crippen molar-refractivity contribution < 1.29 is 4.39 Å². The van der Waals surface area contributed by atoms with Gasteiger partial charge in [-0.2, -0.15) is 0 Å². The number of benzene rings is 3. The summed E-state index contributed by atoms with van der Waals surface area (Å²) in [5, 5.41) is 0. The molecule has 3 unspecified atom stereocenters. The van der Waals surface area contributed by atoms with Crippen molar-refractivity contribution in [3.05, 3.63) is 101 Å². The molecule has 2 aliphatic rings. The Labute approximate surface area is 165 Å². The predicted octanol–water partition coefficient (Wildman–Crippen LogP) is 4.66. The number of aryl methyl sites for hydroxylation is 1. The number of fused-ring (bicyclic) bond motifs is 3. The fraction of sp³-hybridized carbons (Fsp3) is 0.250. The second kappa shape index (κ2) is 7.04. The van der Waals surface area contributed by atoms with E-state index in [1.165, 1.54) is 16.7 Å². The van der Waals surface area contributed by atoms with E-state index in [1.807, 2.05) is 12.1 Å². The topological polar surface area (TPSA) is 27.3 Å². The molecule has 3 aromatic carbocycles. The van der Waals surface area contributed by atoms with Crippen molar-refractivity contribution in [3.63, 3.8) is 0 Å². The molecule has 2 heterocycles. The molecule has 0 radical (unpaired) electrons. The van der Waals surface area contributed by atoms with Crippen LogP contribution in [0.3, 0.4) is 0 Å². The lowest BCUT2D eigenvalue weighted by molar-refractivity contribution is 0.400. The molecule has 3 aromatic rings. The Balaban J connectivity index is 1.52. The van der Waals surface area contributed by atoms with Gasteiger partial charge in [0, 0.05) is 24.7 Å². The molecule has 142 valence electrons. The smallest absolute Gasteiger partial charge is 0.123 e. The first-order valence-electron chi connectivity index (χ1n) is 9.85. The van der Waals surface area contributed by atoms with Crippen LogP contribution in [0.25, 0.3) is 0 Å². The summed E-state index contributed by atoms with van der Waals surface area (Å²) in [5.41, 5.74) is 12.9. The minimum Gasteiger partial charge on any atom is -0.367 e. The summed E-state index contributed by atoms with van der Waals surface area (Å²) in [6, 6.07) is 24.7. The van der Waals surface area contributed by atoms with Gasteiger partial charge >= 0.3 is 0 Å². The molecule has 1 fully saturated rings. The lowest BCUT2D eigenvalue weighted by Gasteiger charge is -2.39. The quantitative estimate of drug-likeness (QED) is 0.699. The molecule has 0 aromatic heterocycles. The van der Waals surface area contributed by atoms with Crippen molar-refractivity contribution in [2.24, 2.45) is 5.92 Å². The van der Waals surface area contributed by atoms with Crippen LogP contribution >= 0.6 is 0 Å². The standard InChI is InChI=1S/C24H24FN3/c1-16-7-9-18(10-8-16)23-21-15-28(14-17-5-3-2-4-6-17)22-12-11-19(25)13-20(22)24(21)27-26-23/h2-13,21,23-24,26-27H,14-15H2,1H3. The van der Waals surface area contributed by atoms with Gasteiger partial charge in [-0.3, -0.25) is 0 Å². The Kier molecular flexibility index (Phi) is 4.38. The van der Waals surface area contributed by atoms with Gasteiger partial charge in [-0.05, 0) is 41.8 Å². The van der Waals surface area contributed by atoms with Crippen LogP contribution in [0.5, 0.6) is 0 Å². The minimum absolute atomic E-state index is 0.101. The first kappa shape index (κ1) is 17.4. The summed E-state index contributed by atoms with van der Waals surface area (Å²) >= 11 is 0. The van der Waals surface area contributed by atoms with Gasteiger partial charge in [0.15, 0.2) is 0 Å². The molecule has 0 spiro atoms. The van der Waals surface area contributed by atoms with Crippen LogP contribution in [0, 0.1) is 18.7 Å². The third-order valence-electron chi connectivity index (χ3n) is 6.00. The molecule has 4 heteroatoms. The zero-order valence-electron chi connectivity index (χ0n) is 15.9. The van der Waals surface area contributed by atoms with Crippen LogP contribution in [-0.2, 0) is 6.54 Å². The molecule has 3 atom stereocenters. The number of hydrazine groups is 1. The second-order valence-electron chi connectivity index (χ2n) is 7.89. The van der Waals surface area contributed by atoms with E-state index in [9.17, 15) is 4.39 Å². The Hall–Kier alpha value is -2.69. The summed E-state index contributed by atoms with van der Waals surface area (Å²) in [4.78, 5) is 2.39. The number of rotatable bonds is 3. The van der Waals surface area contributed by atoms with Crippen molar-refractivity contribution >= 4 is 5.69 Å². The fourth-order valence-electron chi connectivity index (χ4n) is 4.58. The monoisotopic (exact) mass is 373 g/mol. The van der Waals surface area contributed by atoms with Gasteiger partial charge in [-0.1, -0.05) is 60.2 Å². The van der Waals surface area contributed by atoms with Crippen LogP contribution in [0.1, 0.15) is 34.3 Å². The highest BCUT2D eigenvalue weighted by Gasteiger charge is 2.43. The van der Waals surface area contributed by atoms with Gasteiger partial charge < -0.3 is 4.90 Å². The third-order valence-corrected chi connectivity index (χ3v) is 6.00. The number of hydrogen-bond donors (Lipinski definition) is 2. The van der Waals surface area contributed by atoms with Crippen LogP contribution in [0.4, 0.5) is 10.1 Å². The number of anilines is 1. The summed E-state index contributed by atoms with van der Waals surface area (Å²) in [6.45, 7) is 3.84. The Morgan fingerprint density at radius 3 is 2.46 bits per heavy atom. The summed E-state index contributed by atoms with van der Waals surface area (Å²) in [7, 11) is 0. The largest absolute Gasteiger partial charge is 0.367 e. The molecular formula is C24H24FN3. The second-order valence-corrected chi connectivity index (χ2v) is 7.89. The SMILES string of the molecule is Cc1ccc(C2NNC3c4cc(F)ccc4N(Cc4ccccc4)CC23)cc1. The lowest BCUT2D eigenvalue weighted by atomic mass is 9.82. The maximum atomic E-state index is 14.1. The van der Waals surface area contributed by atoms with Crippen LogP contribution in [0.2, 0.25) is 0 Å². The van der Waals surface area contributed by atoms with Crippen LogP contribution in [0.15, 0.2) is 72.8 Å². The maximum absolute atomic E-state index is 14.1. The van der Waals surface area contributed by atoms with Crippen LogP contribution < -0.4 is 15.8 Å². The predicted molar refractivity (Wildman–Crippen MR) is 110 cm³/mol. The zero-order valence-corrected chi connectivity index (χ0v) is 15.9. The highest BCUT2D eigenvalue weighted by atomic mass is 19.1. The summed E-state index contributed by atoms with van der Waals surface area (Å²) < 4.78 is 14.1. The minimum atomic E-state index is -0.181. The van der Waals surface area contributed by atoms with Crippen LogP contribution in [-0.4, -0.2) is 6.54 Å². The van der Waals surface area contributed by atoms with E-state index >= 15 is 0 Å². The molecule has 3 nitrogen and oxygen atoms in total. The highest BCUT2D eigenvalue weighted by Crippen LogP contribution is 2.45. The van der Waals surface area contributed by atoms with E-state index in [-0.39, 0.29) is 17.9 Å². The van der Waals surface area contributed by atoms with Crippen molar-refractivity contribution in [2.45, 2.75) is 25.6 Å². The third kappa shape index (κ3) is 3.09. The Morgan fingerprint density at radius 1 is 0.929 bits per heavy atom. The van der Waals surface area contributed by atoms with E-state index in [2.05, 4.69) is 71.2 Å². The van der Waals surface area contributed by atoms with Crippen molar-refractivity contribution in [2.75, 3.05) is 11.4 Å². The van der Waals surface area contributed by atoms with Crippen molar-refractivity contribution in [1.82, 2.24) is 10.9 Å². The van der Waals surface area contributed by atoms with E-state index in [1.54, 1.807) is 12.1 Å². The van der Waals surface area contributed by atoms with E-state index in [0.29, 0.717) is 5.92 Å². The molecule has 5 rings (SSSR count). The molecule has 28 heavy (non-hydrogen) atoms. The Bertz CT molecular complexity index is 971. The molecular weight excluding hydrogens is 349 g/mol. The molecule has 0 bridgehead atoms. The molecule has 1 saturated heterocycles. The normalized spacial score (nSPS) is 23.4. The summed E-state index contributed by atoms with van der Waals surface area (Å²) in [6.07, 6.45) is 0. The fourth-order valence-corrected chi connectivity index (χ4v) is 4.58. The van der Waals surface area contributed by atoms with Gasteiger partial charge in [0.05, 0.1) is 12.1 Å². The van der Waals surface area contributed by atoms with E-state index < -0.39 is 0 Å². The average Bonchev–Trinajstić information content (AvgIpc) is 3.13. The van der Waals surface area contributed by atoms with Gasteiger partial charge in [0.1, 0.15) is 5.82 Å². The first-order valence-corrected chi connectivity index (χ1v) is 9.85. The molecule has 2 N–H and O–H groups in total. The maximum Gasteiger partial charge on any atom is 0.123 e. The average molecular weight is 373 g/mol. The van der Waals surface area contributed by atoms with Crippen molar-refractivity contribution in [3.8, 4) is 0 Å². The summed E-state index contributed by atoms with van der Waals surface area (Å²) in [5.74, 6) is 0.139. The zero-order chi connectivity index (χ0) is 19.1. The highest BCUT2D eigenvalue weighted by molar-refractivity contribution is 5.59. The molecule has 0 aliphatic carbocycles. The van der Waals surface area contributed by atoms with Gasteiger partial charge in [-0.25, -0.2) is 15.2 Å². The van der Waals surface area contributed by atoms with E-state index in [0.717, 1.165) is 24.3 Å². The van der Waals surface area contributed by atoms with E-state index in [4.69, 9.17) is 0 Å². The number of halogens is 1. The molecule has 0 amide bonds.